The average molecular weight is 686 g/mol. The number of hydrogen-bond acceptors (Lipinski definition) is 9. The summed E-state index contributed by atoms with van der Waals surface area (Å²) < 4.78 is 32.2. The van der Waals surface area contributed by atoms with Crippen LogP contribution in [0.1, 0.15) is 123 Å². The van der Waals surface area contributed by atoms with Crippen molar-refractivity contribution < 1.29 is 47.5 Å². The number of carbonyl (C=O) groups excluding carboxylic acids is 2. The minimum atomic E-state index is -4.70. The van der Waals surface area contributed by atoms with Crippen molar-refractivity contribution in [2.75, 3.05) is 19.8 Å². The molecule has 0 fully saturated rings. The first-order valence-electron chi connectivity index (χ1n) is 17.2. The summed E-state index contributed by atoms with van der Waals surface area (Å²) in [6.45, 7) is 2.49. The molecule has 0 radical (unpaired) electrons. The Hall–Kier alpha value is -2.56. The molecule has 0 aliphatic heterocycles. The SMILES string of the molecule is CC/C=C\C/C=C\C/C=C\C/C=C\CCCCCCCCC(=O)OC(COC(=O)CCCCCC)COP(=O)(O)OCC(N)C(=O)O. The number of phosphoric ester groups is 1. The molecule has 3 atom stereocenters. The molecule has 12 heteroatoms. The van der Waals surface area contributed by atoms with Gasteiger partial charge in [0, 0.05) is 12.8 Å². The van der Waals surface area contributed by atoms with Gasteiger partial charge >= 0.3 is 25.7 Å². The van der Waals surface area contributed by atoms with E-state index < -0.39 is 51.1 Å². The number of aliphatic carboxylic acids is 1. The summed E-state index contributed by atoms with van der Waals surface area (Å²) in [5.74, 6) is -2.43. The van der Waals surface area contributed by atoms with Gasteiger partial charge in [-0.1, -0.05) is 107 Å². The fraction of sp³-hybridized carbons (Fsp3) is 0.686. The van der Waals surface area contributed by atoms with Gasteiger partial charge in [0.1, 0.15) is 12.6 Å². The Kier molecular flexibility index (Phi) is 29.1. The van der Waals surface area contributed by atoms with E-state index in [9.17, 15) is 23.8 Å². The number of carboxylic acid groups (broad SMARTS) is 1. The highest BCUT2D eigenvalue weighted by molar-refractivity contribution is 7.47. The van der Waals surface area contributed by atoms with Crippen LogP contribution in [0.4, 0.5) is 0 Å². The topological polar surface area (TPSA) is 172 Å². The van der Waals surface area contributed by atoms with Crippen LogP contribution in [0.2, 0.25) is 0 Å². The summed E-state index contributed by atoms with van der Waals surface area (Å²) in [5.41, 5.74) is 5.28. The number of ether oxygens (including phenoxy) is 2. The fourth-order valence-electron chi connectivity index (χ4n) is 4.11. The summed E-state index contributed by atoms with van der Waals surface area (Å²) in [5, 5.41) is 8.80. The molecule has 0 bridgehead atoms. The first kappa shape index (κ1) is 44.4. The Labute approximate surface area is 282 Å². The molecule has 0 aromatic carbocycles. The van der Waals surface area contributed by atoms with Crippen molar-refractivity contribution in [1.29, 1.82) is 0 Å². The van der Waals surface area contributed by atoms with Crippen LogP contribution in [0.15, 0.2) is 48.6 Å². The molecule has 4 N–H and O–H groups in total. The van der Waals surface area contributed by atoms with Gasteiger partial charge in [-0.05, 0) is 51.4 Å². The van der Waals surface area contributed by atoms with E-state index in [-0.39, 0.29) is 19.4 Å². The largest absolute Gasteiger partial charge is 0.480 e. The second-order valence-corrected chi connectivity index (χ2v) is 12.7. The third-order valence-electron chi connectivity index (χ3n) is 6.84. The second kappa shape index (κ2) is 30.8. The maximum absolute atomic E-state index is 12.5. The van der Waals surface area contributed by atoms with Crippen molar-refractivity contribution >= 4 is 25.7 Å². The summed E-state index contributed by atoms with van der Waals surface area (Å²) in [6, 6.07) is -1.52. The predicted octanol–water partition coefficient (Wildman–Crippen LogP) is 7.88. The molecule has 11 nitrogen and oxygen atoms in total. The number of hydrogen-bond donors (Lipinski definition) is 3. The van der Waals surface area contributed by atoms with E-state index in [0.717, 1.165) is 83.5 Å². The van der Waals surface area contributed by atoms with Crippen molar-refractivity contribution in [2.45, 2.75) is 135 Å². The highest BCUT2D eigenvalue weighted by Crippen LogP contribution is 2.43. The minimum absolute atomic E-state index is 0.143. The Morgan fingerprint density at radius 3 is 1.79 bits per heavy atom. The summed E-state index contributed by atoms with van der Waals surface area (Å²) in [4.78, 5) is 45.2. The van der Waals surface area contributed by atoms with Crippen LogP contribution >= 0.6 is 7.82 Å². The van der Waals surface area contributed by atoms with E-state index in [1.165, 1.54) is 0 Å². The van der Waals surface area contributed by atoms with E-state index in [2.05, 4.69) is 67.0 Å². The van der Waals surface area contributed by atoms with Gasteiger partial charge in [-0.15, -0.1) is 0 Å². The van der Waals surface area contributed by atoms with Crippen molar-refractivity contribution in [3.05, 3.63) is 48.6 Å². The molecule has 0 aromatic rings. The molecule has 0 rings (SSSR count). The van der Waals surface area contributed by atoms with Crippen LogP contribution in [-0.2, 0) is 37.5 Å². The van der Waals surface area contributed by atoms with Crippen molar-refractivity contribution in [3.8, 4) is 0 Å². The smallest absolute Gasteiger partial charge is 0.472 e. The van der Waals surface area contributed by atoms with E-state index in [1.54, 1.807) is 0 Å². The highest BCUT2D eigenvalue weighted by atomic mass is 31.2. The lowest BCUT2D eigenvalue weighted by Crippen LogP contribution is -2.34. The van der Waals surface area contributed by atoms with Crippen molar-refractivity contribution in [1.82, 2.24) is 0 Å². The molecular formula is C35H60NO10P. The van der Waals surface area contributed by atoms with Crippen molar-refractivity contribution in [2.24, 2.45) is 5.73 Å². The molecule has 47 heavy (non-hydrogen) atoms. The molecule has 0 saturated carbocycles. The fourth-order valence-corrected chi connectivity index (χ4v) is 4.89. The molecule has 270 valence electrons. The third kappa shape index (κ3) is 30.5. The number of carbonyl (C=O) groups is 3. The number of nitrogens with two attached hydrogens (primary N) is 1. The zero-order valence-corrected chi connectivity index (χ0v) is 29.5. The van der Waals surface area contributed by atoms with Crippen LogP contribution in [0.25, 0.3) is 0 Å². The van der Waals surface area contributed by atoms with Crippen LogP contribution in [0.5, 0.6) is 0 Å². The van der Waals surface area contributed by atoms with Gasteiger partial charge in [-0.2, -0.15) is 0 Å². The Bertz CT molecular complexity index is 995. The maximum atomic E-state index is 12.5. The van der Waals surface area contributed by atoms with Gasteiger partial charge in [-0.25, -0.2) is 4.57 Å². The lowest BCUT2D eigenvalue weighted by atomic mass is 10.1. The monoisotopic (exact) mass is 685 g/mol. The number of carboxylic acids is 1. The minimum Gasteiger partial charge on any atom is -0.480 e. The number of allylic oxidation sites excluding steroid dienone is 8. The van der Waals surface area contributed by atoms with Crippen LogP contribution in [-0.4, -0.2) is 59.9 Å². The average Bonchev–Trinajstić information content (AvgIpc) is 3.04. The van der Waals surface area contributed by atoms with Crippen molar-refractivity contribution in [3.63, 3.8) is 0 Å². The first-order chi connectivity index (χ1) is 22.6. The van der Waals surface area contributed by atoms with Gasteiger partial charge < -0.3 is 25.2 Å². The van der Waals surface area contributed by atoms with Gasteiger partial charge in [-0.3, -0.25) is 23.4 Å². The second-order valence-electron chi connectivity index (χ2n) is 11.3. The Morgan fingerprint density at radius 2 is 1.19 bits per heavy atom. The third-order valence-corrected chi connectivity index (χ3v) is 7.79. The van der Waals surface area contributed by atoms with Crippen LogP contribution in [0, 0.1) is 0 Å². The zero-order valence-electron chi connectivity index (χ0n) is 28.6. The summed E-state index contributed by atoms with van der Waals surface area (Å²) in [7, 11) is -4.70. The predicted molar refractivity (Wildman–Crippen MR) is 185 cm³/mol. The molecule has 0 aromatic heterocycles. The molecule has 3 unspecified atom stereocenters. The van der Waals surface area contributed by atoms with Gasteiger partial charge in [0.05, 0.1) is 13.2 Å². The van der Waals surface area contributed by atoms with Crippen LogP contribution < -0.4 is 5.73 Å². The van der Waals surface area contributed by atoms with Gasteiger partial charge in [0.15, 0.2) is 6.10 Å². The molecule has 0 heterocycles. The molecule has 0 aliphatic carbocycles. The molecule has 0 spiro atoms. The highest BCUT2D eigenvalue weighted by Gasteiger charge is 2.28. The van der Waals surface area contributed by atoms with E-state index >= 15 is 0 Å². The van der Waals surface area contributed by atoms with Gasteiger partial charge in [0.25, 0.3) is 0 Å². The Morgan fingerprint density at radius 1 is 0.681 bits per heavy atom. The van der Waals surface area contributed by atoms with E-state index in [1.807, 2.05) is 0 Å². The maximum Gasteiger partial charge on any atom is 0.472 e. The van der Waals surface area contributed by atoms with Crippen LogP contribution in [0.3, 0.4) is 0 Å². The number of unbranched alkanes of at least 4 members (excludes halogenated alkanes) is 9. The molecule has 0 amide bonds. The number of rotatable bonds is 31. The number of esters is 2. The van der Waals surface area contributed by atoms with E-state index in [4.69, 9.17) is 24.8 Å². The lowest BCUT2D eigenvalue weighted by molar-refractivity contribution is -0.161. The van der Waals surface area contributed by atoms with E-state index in [0.29, 0.717) is 12.8 Å². The summed E-state index contributed by atoms with van der Waals surface area (Å²) in [6.07, 6.45) is 31.1. The Balaban J connectivity index is 4.32. The summed E-state index contributed by atoms with van der Waals surface area (Å²) >= 11 is 0. The van der Waals surface area contributed by atoms with Gasteiger partial charge in [0.2, 0.25) is 0 Å². The normalized spacial score (nSPS) is 14.6. The zero-order chi connectivity index (χ0) is 35.0. The first-order valence-corrected chi connectivity index (χ1v) is 18.7. The lowest BCUT2D eigenvalue weighted by Gasteiger charge is -2.20. The molecule has 0 aliphatic rings. The molecular weight excluding hydrogens is 625 g/mol. The standard InChI is InChI=1S/C35H60NO10P/c1-3-5-7-9-10-11-12-13-14-15-16-17-18-19-20-21-22-23-25-27-34(38)46-31(28-43-33(37)26-24-8-6-4-2)29-44-47(41,42)45-30-32(36)35(39)40/h5,7,10-11,13-14,16-17,31-32H,3-4,6,8-9,12,15,18-30,36H2,1-2H3,(H,39,40)(H,41,42)/b7-5-,11-10-,14-13-,17-16-. The molecule has 0 saturated heterocycles. The quantitative estimate of drug-likeness (QED) is 0.0280. The number of phosphoric acid groups is 1.